The van der Waals surface area contributed by atoms with Gasteiger partial charge in [0.25, 0.3) is 0 Å². The summed E-state index contributed by atoms with van der Waals surface area (Å²) in [6.07, 6.45) is 0. The Labute approximate surface area is 91.1 Å². The van der Waals surface area contributed by atoms with E-state index in [0.29, 0.717) is 0 Å². The van der Waals surface area contributed by atoms with Crippen LogP contribution in [0.25, 0.3) is 0 Å². The van der Waals surface area contributed by atoms with Crippen molar-refractivity contribution in [1.29, 1.82) is 0 Å². The molecule has 0 radical (unpaired) electrons. The van der Waals surface area contributed by atoms with Crippen LogP contribution in [-0.2, 0) is 0 Å². The third-order valence-electron chi connectivity index (χ3n) is 1.69. The van der Waals surface area contributed by atoms with Crippen LogP contribution in [0.3, 0.4) is 0 Å². The van der Waals surface area contributed by atoms with Crippen LogP contribution in [0.5, 0.6) is 0 Å². The molecule has 0 aliphatic heterocycles. The van der Waals surface area contributed by atoms with Gasteiger partial charge in [0, 0.05) is 5.56 Å². The lowest BCUT2D eigenvalue weighted by Crippen LogP contribution is -2.14. The molecule has 0 aliphatic rings. The minimum Gasteiger partial charge on any atom is -0.378 e. The van der Waals surface area contributed by atoms with Gasteiger partial charge >= 0.3 is 0 Å². The van der Waals surface area contributed by atoms with Gasteiger partial charge in [0.15, 0.2) is 0 Å². The Balaban J connectivity index is 2.74. The maximum absolute atomic E-state index is 9.31. The number of hydrogen-bond donors (Lipinski definition) is 1. The van der Waals surface area contributed by atoms with Gasteiger partial charge in [0.05, 0.1) is 0 Å². The van der Waals surface area contributed by atoms with Crippen LogP contribution < -0.4 is 0 Å². The molecule has 1 rings (SSSR count). The minimum atomic E-state index is -0.970. The van der Waals surface area contributed by atoms with Gasteiger partial charge in [-0.25, -0.2) is 0 Å². The lowest BCUT2D eigenvalue weighted by Gasteiger charge is -2.04. The number of hydrogen-bond acceptors (Lipinski definition) is 1. The summed E-state index contributed by atoms with van der Waals surface area (Å²) in [5, 5.41) is 9.31. The maximum atomic E-state index is 9.31. The Kier molecular flexibility index (Phi) is 3.56. The van der Waals surface area contributed by atoms with Crippen LogP contribution in [0, 0.1) is 30.6 Å². The van der Waals surface area contributed by atoms with Crippen molar-refractivity contribution in [2.45, 2.75) is 26.4 Å². The molecule has 15 heavy (non-hydrogen) atoms. The SMILES string of the molecule is Cc1ccc(C#CC#CC(C)(C)O)cc1. The van der Waals surface area contributed by atoms with Gasteiger partial charge in [-0.05, 0) is 44.7 Å². The molecule has 0 unspecified atom stereocenters. The fraction of sp³-hybridized carbons (Fsp3) is 0.286. The zero-order valence-corrected chi connectivity index (χ0v) is 9.26. The molecule has 0 atom stereocenters. The molecule has 0 amide bonds. The molecule has 1 N–H and O–H groups in total. The van der Waals surface area contributed by atoms with E-state index >= 15 is 0 Å². The normalized spacial score (nSPS) is 9.60. The van der Waals surface area contributed by atoms with Crippen LogP contribution in [0.1, 0.15) is 25.0 Å². The van der Waals surface area contributed by atoms with E-state index in [4.69, 9.17) is 0 Å². The van der Waals surface area contributed by atoms with Crippen molar-refractivity contribution in [3.8, 4) is 23.7 Å². The van der Waals surface area contributed by atoms with Gasteiger partial charge in [-0.3, -0.25) is 0 Å². The van der Waals surface area contributed by atoms with Crippen molar-refractivity contribution in [1.82, 2.24) is 0 Å². The van der Waals surface area contributed by atoms with Crippen molar-refractivity contribution in [2.75, 3.05) is 0 Å². The maximum Gasteiger partial charge on any atom is 0.120 e. The lowest BCUT2D eigenvalue weighted by atomic mass is 10.1. The van der Waals surface area contributed by atoms with E-state index in [9.17, 15) is 5.11 Å². The molecule has 0 saturated carbocycles. The molecular formula is C14H14O. The average molecular weight is 198 g/mol. The number of aliphatic hydroxyl groups is 1. The number of aryl methyl sites for hydroxylation is 1. The fourth-order valence-corrected chi connectivity index (χ4v) is 0.925. The van der Waals surface area contributed by atoms with Crippen LogP contribution in [0.2, 0.25) is 0 Å². The van der Waals surface area contributed by atoms with Gasteiger partial charge in [0.1, 0.15) is 5.60 Å². The second kappa shape index (κ2) is 4.69. The van der Waals surface area contributed by atoms with Crippen LogP contribution in [-0.4, -0.2) is 10.7 Å². The van der Waals surface area contributed by atoms with Crippen molar-refractivity contribution < 1.29 is 5.11 Å². The molecular weight excluding hydrogens is 184 g/mol. The summed E-state index contributed by atoms with van der Waals surface area (Å²) in [6, 6.07) is 7.92. The van der Waals surface area contributed by atoms with E-state index in [1.807, 2.05) is 31.2 Å². The highest BCUT2D eigenvalue weighted by Crippen LogP contribution is 2.00. The van der Waals surface area contributed by atoms with Crippen molar-refractivity contribution in [3.05, 3.63) is 35.4 Å². The molecule has 0 spiro atoms. The molecule has 0 bridgehead atoms. The summed E-state index contributed by atoms with van der Waals surface area (Å²) in [5.74, 6) is 10.9. The predicted octanol–water partition coefficient (Wildman–Crippen LogP) is 2.12. The number of benzene rings is 1. The first kappa shape index (κ1) is 11.4. The molecule has 1 nitrogen and oxygen atoms in total. The predicted molar refractivity (Wildman–Crippen MR) is 62.1 cm³/mol. The third kappa shape index (κ3) is 4.91. The smallest absolute Gasteiger partial charge is 0.120 e. The molecule has 0 saturated heterocycles. The quantitative estimate of drug-likeness (QED) is 0.633. The Hall–Kier alpha value is -1.70. The highest BCUT2D eigenvalue weighted by Gasteiger charge is 2.04. The Bertz CT molecular complexity index is 439. The fourth-order valence-electron chi connectivity index (χ4n) is 0.925. The molecule has 1 aromatic rings. The van der Waals surface area contributed by atoms with Gasteiger partial charge in [-0.2, -0.15) is 0 Å². The second-order valence-electron chi connectivity index (χ2n) is 3.93. The molecule has 1 aromatic carbocycles. The van der Waals surface area contributed by atoms with E-state index in [1.165, 1.54) is 5.56 Å². The summed E-state index contributed by atoms with van der Waals surface area (Å²) in [7, 11) is 0. The molecule has 0 heterocycles. The molecule has 76 valence electrons. The number of rotatable bonds is 0. The van der Waals surface area contributed by atoms with Crippen LogP contribution in [0.15, 0.2) is 24.3 Å². The summed E-state index contributed by atoms with van der Waals surface area (Å²) < 4.78 is 0. The lowest BCUT2D eigenvalue weighted by molar-refractivity contribution is 0.143. The van der Waals surface area contributed by atoms with E-state index in [0.717, 1.165) is 5.56 Å². The second-order valence-corrected chi connectivity index (χ2v) is 3.93. The molecule has 0 aliphatic carbocycles. The first-order valence-corrected chi connectivity index (χ1v) is 4.79. The van der Waals surface area contributed by atoms with Gasteiger partial charge < -0.3 is 5.11 Å². The molecule has 1 heteroatoms. The molecule has 0 fully saturated rings. The summed E-state index contributed by atoms with van der Waals surface area (Å²) >= 11 is 0. The Morgan fingerprint density at radius 1 is 1.07 bits per heavy atom. The third-order valence-corrected chi connectivity index (χ3v) is 1.69. The summed E-state index contributed by atoms with van der Waals surface area (Å²) in [5.41, 5.74) is 1.18. The van der Waals surface area contributed by atoms with E-state index in [1.54, 1.807) is 13.8 Å². The van der Waals surface area contributed by atoms with Crippen LogP contribution >= 0.6 is 0 Å². The molecule has 0 aromatic heterocycles. The van der Waals surface area contributed by atoms with Gasteiger partial charge in [-0.15, -0.1) is 0 Å². The van der Waals surface area contributed by atoms with Crippen molar-refractivity contribution in [3.63, 3.8) is 0 Å². The van der Waals surface area contributed by atoms with E-state index in [2.05, 4.69) is 23.7 Å². The van der Waals surface area contributed by atoms with Gasteiger partial charge in [-0.1, -0.05) is 29.5 Å². The zero-order valence-electron chi connectivity index (χ0n) is 9.26. The summed E-state index contributed by atoms with van der Waals surface area (Å²) in [6.45, 7) is 5.30. The summed E-state index contributed by atoms with van der Waals surface area (Å²) in [4.78, 5) is 0. The topological polar surface area (TPSA) is 20.2 Å². The highest BCUT2D eigenvalue weighted by molar-refractivity contribution is 5.41. The first-order valence-electron chi connectivity index (χ1n) is 4.79. The average Bonchev–Trinajstić information content (AvgIpc) is 2.14. The van der Waals surface area contributed by atoms with Crippen molar-refractivity contribution >= 4 is 0 Å². The largest absolute Gasteiger partial charge is 0.378 e. The highest BCUT2D eigenvalue weighted by atomic mass is 16.3. The van der Waals surface area contributed by atoms with E-state index < -0.39 is 5.60 Å². The Morgan fingerprint density at radius 2 is 1.67 bits per heavy atom. The zero-order chi connectivity index (χ0) is 11.3. The van der Waals surface area contributed by atoms with Gasteiger partial charge in [0.2, 0.25) is 0 Å². The minimum absolute atomic E-state index is 0.936. The van der Waals surface area contributed by atoms with Crippen molar-refractivity contribution in [2.24, 2.45) is 0 Å². The first-order chi connectivity index (χ1) is 6.97. The monoisotopic (exact) mass is 198 g/mol. The van der Waals surface area contributed by atoms with Crippen LogP contribution in [0.4, 0.5) is 0 Å². The Morgan fingerprint density at radius 3 is 2.20 bits per heavy atom. The van der Waals surface area contributed by atoms with E-state index in [-0.39, 0.29) is 0 Å². The standard InChI is InChI=1S/C14H14O/c1-12-7-9-13(10-8-12)6-4-5-11-14(2,3)15/h7-10,15H,1-3H3.